The molecule has 2 unspecified atom stereocenters. The molecule has 7 aromatic rings. The molecule has 240 valence electrons. The van der Waals surface area contributed by atoms with Crippen molar-refractivity contribution >= 4 is 6.21 Å². The van der Waals surface area contributed by atoms with Crippen LogP contribution in [0.5, 0.6) is 11.5 Å². The summed E-state index contributed by atoms with van der Waals surface area (Å²) in [5.74, 6) is 1.77. The molecule has 0 saturated carbocycles. The predicted octanol–water partition coefficient (Wildman–Crippen LogP) is 10.2. The lowest BCUT2D eigenvalue weighted by atomic mass is 9.66. The Kier molecular flexibility index (Phi) is 7.46. The summed E-state index contributed by atoms with van der Waals surface area (Å²) in [4.78, 5) is 5.03. The van der Waals surface area contributed by atoms with E-state index in [1.165, 1.54) is 27.8 Å². The molecule has 1 heterocycles. The van der Waals surface area contributed by atoms with Gasteiger partial charge in [-0.15, -0.1) is 0 Å². The highest BCUT2D eigenvalue weighted by Gasteiger charge is 2.50. The Morgan fingerprint density at radius 1 is 0.520 bits per heavy atom. The van der Waals surface area contributed by atoms with Crippen LogP contribution in [0.25, 0.3) is 22.3 Å². The number of rotatable bonds is 7. The Morgan fingerprint density at radius 3 is 1.76 bits per heavy atom. The van der Waals surface area contributed by atoms with Crippen LogP contribution in [-0.2, 0) is 5.41 Å². The zero-order valence-corrected chi connectivity index (χ0v) is 27.4. The lowest BCUT2D eigenvalue weighted by Gasteiger charge is -2.39. The molecule has 0 amide bonds. The average Bonchev–Trinajstić information content (AvgIpc) is 3.47. The van der Waals surface area contributed by atoms with Crippen molar-refractivity contribution in [1.82, 2.24) is 5.32 Å². The fraction of sp³-hybridized carbons (Fsp3) is 0.0652. The van der Waals surface area contributed by atoms with E-state index in [1.54, 1.807) is 0 Å². The Labute approximate surface area is 292 Å². The molecule has 1 aliphatic heterocycles. The van der Waals surface area contributed by atoms with Crippen LogP contribution >= 0.6 is 0 Å². The molecule has 0 aromatic heterocycles. The molecule has 0 bridgehead atoms. The van der Waals surface area contributed by atoms with Gasteiger partial charge in [0.25, 0.3) is 0 Å². The van der Waals surface area contributed by atoms with Gasteiger partial charge in [0.2, 0.25) is 0 Å². The van der Waals surface area contributed by atoms with Gasteiger partial charge in [-0.2, -0.15) is 0 Å². The van der Waals surface area contributed by atoms with E-state index in [1.807, 2.05) is 42.6 Å². The monoisotopic (exact) mass is 645 g/mol. The Hall–Kier alpha value is -6.07. The lowest BCUT2D eigenvalue weighted by molar-refractivity contribution is 0.436. The van der Waals surface area contributed by atoms with Crippen molar-refractivity contribution in [3.05, 3.63) is 215 Å². The second-order valence-corrected chi connectivity index (χ2v) is 12.9. The number of nitrogens with two attached hydrogens (primary N) is 1. The van der Waals surface area contributed by atoms with Crippen molar-refractivity contribution in [3.8, 4) is 33.8 Å². The van der Waals surface area contributed by atoms with Crippen LogP contribution in [0.2, 0.25) is 0 Å². The molecule has 3 N–H and O–H groups in total. The van der Waals surface area contributed by atoms with Crippen molar-refractivity contribution < 1.29 is 4.74 Å². The fourth-order valence-corrected chi connectivity index (χ4v) is 7.75. The zero-order valence-electron chi connectivity index (χ0n) is 27.4. The quantitative estimate of drug-likeness (QED) is 0.134. The first-order valence-corrected chi connectivity index (χ1v) is 17.1. The molecule has 0 saturated heterocycles. The van der Waals surface area contributed by atoms with Crippen LogP contribution < -0.4 is 15.8 Å². The second kappa shape index (κ2) is 12.4. The van der Waals surface area contributed by atoms with E-state index in [0.29, 0.717) is 0 Å². The van der Waals surface area contributed by atoms with Gasteiger partial charge in [-0.3, -0.25) is 10.3 Å². The maximum Gasteiger partial charge on any atom is 0.132 e. The molecular weight excluding hydrogens is 611 g/mol. The van der Waals surface area contributed by atoms with E-state index in [-0.39, 0.29) is 6.17 Å². The van der Waals surface area contributed by atoms with Gasteiger partial charge in [-0.25, -0.2) is 0 Å². The summed E-state index contributed by atoms with van der Waals surface area (Å²) < 4.78 is 6.49. The van der Waals surface area contributed by atoms with E-state index in [4.69, 9.17) is 15.5 Å². The minimum atomic E-state index is -0.504. The standard InChI is InChI=1S/C46H35N3O/c47-44(49-45(48-30-31-13-3-1-4-14-31)34-25-23-33(24-26-34)32-15-5-2-6-16-32)35-27-28-39-37(29-35)36-17-7-8-18-38(36)46(39)40-19-9-11-21-42(40)50-43-22-12-10-20-41(43)46/h1-30,44-45,49H,47H2. The highest BCUT2D eigenvalue weighted by molar-refractivity contribution is 5.88. The van der Waals surface area contributed by atoms with Crippen LogP contribution in [0.1, 0.15) is 51.3 Å². The fourth-order valence-electron chi connectivity index (χ4n) is 7.75. The maximum absolute atomic E-state index is 7.06. The molecule has 0 fully saturated rings. The van der Waals surface area contributed by atoms with Crippen LogP contribution in [-0.4, -0.2) is 6.21 Å². The summed E-state index contributed by atoms with van der Waals surface area (Å²) in [7, 11) is 0. The number of para-hydroxylation sites is 2. The van der Waals surface area contributed by atoms with Gasteiger partial charge in [-0.1, -0.05) is 158 Å². The van der Waals surface area contributed by atoms with E-state index < -0.39 is 11.6 Å². The van der Waals surface area contributed by atoms with E-state index >= 15 is 0 Å². The zero-order chi connectivity index (χ0) is 33.5. The average molecular weight is 646 g/mol. The van der Waals surface area contributed by atoms with E-state index in [9.17, 15) is 0 Å². The number of aliphatic imine (C=N–C) groups is 1. The summed E-state index contributed by atoms with van der Waals surface area (Å²) in [6, 6.07) is 61.5. The topological polar surface area (TPSA) is 59.6 Å². The third-order valence-electron chi connectivity index (χ3n) is 10.1. The highest BCUT2D eigenvalue weighted by atomic mass is 16.5. The smallest absolute Gasteiger partial charge is 0.132 e. The highest BCUT2D eigenvalue weighted by Crippen LogP contribution is 2.62. The molecule has 9 rings (SSSR count). The number of hydrogen-bond acceptors (Lipinski definition) is 4. The molecular formula is C46H35N3O. The van der Waals surface area contributed by atoms with Crippen molar-refractivity contribution in [1.29, 1.82) is 0 Å². The van der Waals surface area contributed by atoms with Gasteiger partial charge in [0.05, 0.1) is 11.6 Å². The summed E-state index contributed by atoms with van der Waals surface area (Å²) >= 11 is 0. The molecule has 2 atom stereocenters. The number of nitrogens with zero attached hydrogens (tertiary/aromatic N) is 1. The number of fused-ring (bicyclic) bond motifs is 9. The number of ether oxygens (including phenoxy) is 1. The first kappa shape index (κ1) is 30.0. The molecule has 1 spiro atoms. The molecule has 4 nitrogen and oxygen atoms in total. The predicted molar refractivity (Wildman–Crippen MR) is 203 cm³/mol. The van der Waals surface area contributed by atoms with Crippen molar-refractivity contribution in [3.63, 3.8) is 0 Å². The summed E-state index contributed by atoms with van der Waals surface area (Å²) in [6.45, 7) is 0. The molecule has 1 aliphatic carbocycles. The van der Waals surface area contributed by atoms with E-state index in [2.05, 4.69) is 145 Å². The third kappa shape index (κ3) is 4.97. The Morgan fingerprint density at radius 2 is 1.06 bits per heavy atom. The van der Waals surface area contributed by atoms with Gasteiger partial charge < -0.3 is 10.5 Å². The van der Waals surface area contributed by atoms with Gasteiger partial charge in [0.1, 0.15) is 17.7 Å². The molecule has 50 heavy (non-hydrogen) atoms. The minimum absolute atomic E-state index is 0.365. The van der Waals surface area contributed by atoms with Gasteiger partial charge >= 0.3 is 0 Å². The maximum atomic E-state index is 7.06. The largest absolute Gasteiger partial charge is 0.457 e. The second-order valence-electron chi connectivity index (χ2n) is 12.9. The Bertz CT molecular complexity index is 2300. The normalized spacial score (nSPS) is 14.7. The van der Waals surface area contributed by atoms with Crippen molar-refractivity contribution in [2.75, 3.05) is 0 Å². The minimum Gasteiger partial charge on any atom is -0.457 e. The van der Waals surface area contributed by atoms with Crippen molar-refractivity contribution in [2.45, 2.75) is 17.7 Å². The Balaban J connectivity index is 1.11. The van der Waals surface area contributed by atoms with Gasteiger partial charge in [0.15, 0.2) is 0 Å². The van der Waals surface area contributed by atoms with Gasteiger partial charge in [0, 0.05) is 17.3 Å². The molecule has 7 aromatic carbocycles. The number of nitrogens with one attached hydrogen (secondary N) is 1. The lowest BCUT2D eigenvalue weighted by Crippen LogP contribution is -2.33. The molecule has 0 radical (unpaired) electrons. The van der Waals surface area contributed by atoms with E-state index in [0.717, 1.165) is 44.9 Å². The summed E-state index contributed by atoms with van der Waals surface area (Å²) in [5.41, 5.74) is 19.1. The van der Waals surface area contributed by atoms with Crippen LogP contribution in [0, 0.1) is 0 Å². The number of hydrogen-bond donors (Lipinski definition) is 2. The van der Waals surface area contributed by atoms with Crippen molar-refractivity contribution in [2.24, 2.45) is 10.7 Å². The van der Waals surface area contributed by atoms with Crippen LogP contribution in [0.15, 0.2) is 181 Å². The van der Waals surface area contributed by atoms with Gasteiger partial charge in [-0.05, 0) is 68.3 Å². The SMILES string of the molecule is NC(NC(N=Cc1ccccc1)c1ccc(-c2ccccc2)cc1)c1ccc2c(c1)-c1ccccc1C21c2ccccc2Oc2ccccc21. The van der Waals surface area contributed by atoms with Crippen LogP contribution in [0.3, 0.4) is 0 Å². The first-order valence-electron chi connectivity index (χ1n) is 17.1. The van der Waals surface area contributed by atoms with Crippen LogP contribution in [0.4, 0.5) is 0 Å². The number of benzene rings is 7. The summed E-state index contributed by atoms with van der Waals surface area (Å²) in [6.07, 6.45) is 1.07. The molecule has 4 heteroatoms. The third-order valence-corrected chi connectivity index (χ3v) is 10.1. The summed E-state index contributed by atoms with van der Waals surface area (Å²) in [5, 5.41) is 3.66. The molecule has 2 aliphatic rings. The first-order chi connectivity index (χ1) is 24.7.